The molecule has 6 nitrogen and oxygen atoms in total. The third kappa shape index (κ3) is 2.57. The van der Waals surface area contributed by atoms with Crippen LogP contribution in [0.3, 0.4) is 0 Å². The highest BCUT2D eigenvalue weighted by molar-refractivity contribution is 9.10. The third-order valence-electron chi connectivity index (χ3n) is 5.62. The number of likely N-dealkylation sites (N-methyl/N-ethyl adjacent to an activating group) is 1. The maximum absolute atomic E-state index is 13.5. The number of nitrogens with zero attached hydrogens (tertiary/aromatic N) is 2. The number of carbonyl (C=O) groups excluding carboxylic acids is 3. The summed E-state index contributed by atoms with van der Waals surface area (Å²) in [7, 11) is 1.59. The van der Waals surface area contributed by atoms with Gasteiger partial charge >= 0.3 is 0 Å². The van der Waals surface area contributed by atoms with Crippen LogP contribution >= 0.6 is 15.9 Å². The first-order chi connectivity index (χ1) is 13.4. The molecule has 0 bridgehead atoms. The molecule has 0 saturated carbocycles. The average molecular weight is 442 g/mol. The Morgan fingerprint density at radius 2 is 1.82 bits per heavy atom. The van der Waals surface area contributed by atoms with Crippen molar-refractivity contribution in [2.75, 3.05) is 11.9 Å². The van der Waals surface area contributed by atoms with Crippen LogP contribution < -0.4 is 10.2 Å². The van der Waals surface area contributed by atoms with Crippen molar-refractivity contribution in [1.82, 2.24) is 10.2 Å². The number of benzene rings is 2. The number of anilines is 1. The predicted molar refractivity (Wildman–Crippen MR) is 109 cm³/mol. The minimum atomic E-state index is -1.35. The van der Waals surface area contributed by atoms with Crippen molar-refractivity contribution in [3.8, 4) is 0 Å². The molecule has 1 N–H and O–H groups in total. The number of carbonyl (C=O) groups is 3. The molecule has 1 saturated heterocycles. The summed E-state index contributed by atoms with van der Waals surface area (Å²) in [5, 5.41) is 3.01. The fourth-order valence-corrected chi connectivity index (χ4v) is 4.77. The normalized spacial score (nSPS) is 22.0. The molecule has 0 spiro atoms. The average Bonchev–Trinajstić information content (AvgIpc) is 3.05. The van der Waals surface area contributed by atoms with Crippen LogP contribution in [0.25, 0.3) is 0 Å². The van der Waals surface area contributed by atoms with E-state index in [0.29, 0.717) is 11.3 Å². The van der Waals surface area contributed by atoms with Crippen molar-refractivity contribution in [3.63, 3.8) is 0 Å². The van der Waals surface area contributed by atoms with Gasteiger partial charge in [0, 0.05) is 24.4 Å². The van der Waals surface area contributed by atoms with Crippen LogP contribution in [0, 0.1) is 0 Å². The largest absolute Gasteiger partial charge is 0.346 e. The van der Waals surface area contributed by atoms with Crippen molar-refractivity contribution >= 4 is 39.3 Å². The minimum Gasteiger partial charge on any atom is -0.346 e. The Balaban J connectivity index is 1.75. The molecule has 3 amide bonds. The Labute approximate surface area is 171 Å². The molecule has 2 atom stereocenters. The van der Waals surface area contributed by atoms with Gasteiger partial charge < -0.3 is 10.2 Å². The van der Waals surface area contributed by atoms with Crippen LogP contribution in [0.4, 0.5) is 5.69 Å². The number of amides is 3. The predicted octanol–water partition coefficient (Wildman–Crippen LogP) is 3.24. The van der Waals surface area contributed by atoms with Gasteiger partial charge in [0.25, 0.3) is 11.8 Å². The summed E-state index contributed by atoms with van der Waals surface area (Å²) in [5.74, 6) is -0.771. The van der Waals surface area contributed by atoms with Gasteiger partial charge in [-0.15, -0.1) is 0 Å². The first kappa shape index (κ1) is 18.7. The lowest BCUT2D eigenvalue weighted by atomic mass is 9.95. The molecule has 1 fully saturated rings. The summed E-state index contributed by atoms with van der Waals surface area (Å²) in [6.45, 7) is 1.88. The van der Waals surface area contributed by atoms with E-state index in [1.165, 1.54) is 9.80 Å². The van der Waals surface area contributed by atoms with E-state index < -0.39 is 5.66 Å². The standard InChI is InChI=1S/C21H20BrN3O3/c1-13(14-7-3-5-9-16(14)22)23-20(28)21-12-11-18(26)25(21)17-10-6-4-8-15(17)19(27)24(21)2/h3-10,13H,11-12H2,1-2H3,(H,23,28)/t13-,21-/m1/s1. The summed E-state index contributed by atoms with van der Waals surface area (Å²) in [6, 6.07) is 14.3. The van der Waals surface area contributed by atoms with Crippen LogP contribution in [0.1, 0.15) is 41.7 Å². The van der Waals surface area contributed by atoms with E-state index in [9.17, 15) is 14.4 Å². The van der Waals surface area contributed by atoms with Crippen LogP contribution in [0.15, 0.2) is 53.0 Å². The number of nitrogens with one attached hydrogen (secondary N) is 1. The summed E-state index contributed by atoms with van der Waals surface area (Å²) in [4.78, 5) is 42.1. The third-order valence-corrected chi connectivity index (χ3v) is 6.35. The molecule has 2 aromatic carbocycles. The van der Waals surface area contributed by atoms with Gasteiger partial charge in [-0.3, -0.25) is 19.3 Å². The molecule has 144 valence electrons. The zero-order chi connectivity index (χ0) is 20.1. The molecular formula is C21H20BrN3O3. The quantitative estimate of drug-likeness (QED) is 0.794. The molecule has 2 aliphatic rings. The maximum atomic E-state index is 13.5. The lowest BCUT2D eigenvalue weighted by molar-refractivity contribution is -0.133. The number of fused-ring (bicyclic) bond motifs is 3. The molecule has 0 aliphatic carbocycles. The minimum absolute atomic E-state index is 0.157. The fraction of sp³-hybridized carbons (Fsp3) is 0.286. The molecule has 0 unspecified atom stereocenters. The van der Waals surface area contributed by atoms with E-state index in [2.05, 4.69) is 21.2 Å². The van der Waals surface area contributed by atoms with Crippen LogP contribution in [-0.2, 0) is 9.59 Å². The Hall–Kier alpha value is -2.67. The zero-order valence-electron chi connectivity index (χ0n) is 15.6. The Bertz CT molecular complexity index is 992. The molecule has 4 rings (SSSR count). The molecular weight excluding hydrogens is 422 g/mol. The van der Waals surface area contributed by atoms with Gasteiger partial charge in [0.1, 0.15) is 0 Å². The van der Waals surface area contributed by atoms with Gasteiger partial charge in [-0.25, -0.2) is 0 Å². The summed E-state index contributed by atoms with van der Waals surface area (Å²) < 4.78 is 0.887. The van der Waals surface area contributed by atoms with E-state index in [-0.39, 0.29) is 36.6 Å². The molecule has 28 heavy (non-hydrogen) atoms. The highest BCUT2D eigenvalue weighted by atomic mass is 79.9. The highest BCUT2D eigenvalue weighted by Crippen LogP contribution is 2.44. The number of rotatable bonds is 3. The van der Waals surface area contributed by atoms with E-state index in [4.69, 9.17) is 0 Å². The van der Waals surface area contributed by atoms with Gasteiger partial charge in [-0.05, 0) is 30.7 Å². The number of hydrogen-bond donors (Lipinski definition) is 1. The van der Waals surface area contributed by atoms with E-state index in [1.807, 2.05) is 31.2 Å². The van der Waals surface area contributed by atoms with Crippen LogP contribution in [0.5, 0.6) is 0 Å². The molecule has 2 heterocycles. The molecule has 2 aliphatic heterocycles. The second-order valence-corrected chi connectivity index (χ2v) is 8.00. The van der Waals surface area contributed by atoms with Gasteiger partial charge in [-0.2, -0.15) is 0 Å². The van der Waals surface area contributed by atoms with Crippen molar-refractivity contribution in [3.05, 3.63) is 64.1 Å². The molecule has 0 radical (unpaired) electrons. The Kier molecular flexibility index (Phi) is 4.50. The van der Waals surface area contributed by atoms with Crippen molar-refractivity contribution in [1.29, 1.82) is 0 Å². The van der Waals surface area contributed by atoms with Crippen molar-refractivity contribution < 1.29 is 14.4 Å². The highest BCUT2D eigenvalue weighted by Gasteiger charge is 2.59. The van der Waals surface area contributed by atoms with Gasteiger partial charge in [0.15, 0.2) is 0 Å². The number of halogens is 1. The second kappa shape index (κ2) is 6.74. The summed E-state index contributed by atoms with van der Waals surface area (Å²) >= 11 is 3.51. The van der Waals surface area contributed by atoms with Crippen molar-refractivity contribution in [2.24, 2.45) is 0 Å². The topological polar surface area (TPSA) is 69.7 Å². The van der Waals surface area contributed by atoms with E-state index >= 15 is 0 Å². The Morgan fingerprint density at radius 1 is 1.14 bits per heavy atom. The first-order valence-corrected chi connectivity index (χ1v) is 9.93. The van der Waals surface area contributed by atoms with Gasteiger partial charge in [-0.1, -0.05) is 46.3 Å². The fourth-order valence-electron chi connectivity index (χ4n) is 4.14. The number of hydrogen-bond acceptors (Lipinski definition) is 3. The van der Waals surface area contributed by atoms with E-state index in [1.54, 1.807) is 31.3 Å². The lowest BCUT2D eigenvalue weighted by Gasteiger charge is -2.47. The first-order valence-electron chi connectivity index (χ1n) is 9.13. The maximum Gasteiger partial charge on any atom is 0.267 e. The monoisotopic (exact) mass is 441 g/mol. The molecule has 2 aromatic rings. The zero-order valence-corrected chi connectivity index (χ0v) is 17.2. The summed E-state index contributed by atoms with van der Waals surface area (Å²) in [5.41, 5.74) is 0.505. The van der Waals surface area contributed by atoms with Gasteiger partial charge in [0.2, 0.25) is 11.6 Å². The SMILES string of the molecule is C[C@@H](NC(=O)[C@@]12CCC(=O)N1c1ccccc1C(=O)N2C)c1ccccc1Br. The van der Waals surface area contributed by atoms with Crippen LogP contribution in [0.2, 0.25) is 0 Å². The van der Waals surface area contributed by atoms with Gasteiger partial charge in [0.05, 0.1) is 17.3 Å². The van der Waals surface area contributed by atoms with E-state index in [0.717, 1.165) is 10.0 Å². The van der Waals surface area contributed by atoms with Crippen molar-refractivity contribution in [2.45, 2.75) is 31.5 Å². The van der Waals surface area contributed by atoms with Crippen LogP contribution in [-0.4, -0.2) is 35.3 Å². The number of para-hydroxylation sites is 1. The molecule has 7 heteroatoms. The summed E-state index contributed by atoms with van der Waals surface area (Å²) in [6.07, 6.45) is 0.472. The Morgan fingerprint density at radius 3 is 2.57 bits per heavy atom. The molecule has 0 aromatic heterocycles. The smallest absolute Gasteiger partial charge is 0.267 e. The lowest BCUT2D eigenvalue weighted by Crippen LogP contribution is -2.69. The second-order valence-electron chi connectivity index (χ2n) is 7.14.